The predicted molar refractivity (Wildman–Crippen MR) is 68.2 cm³/mol. The molecular weight excluding hydrogens is 247 g/mol. The Morgan fingerprint density at radius 1 is 1.37 bits per heavy atom. The number of aryl methyl sites for hydroxylation is 1. The van der Waals surface area contributed by atoms with E-state index in [0.717, 1.165) is 11.8 Å². The molecule has 1 aromatic heterocycles. The van der Waals surface area contributed by atoms with Gasteiger partial charge >= 0.3 is 0 Å². The van der Waals surface area contributed by atoms with E-state index in [1.807, 2.05) is 19.1 Å². The molecule has 19 heavy (non-hydrogen) atoms. The molecule has 1 aromatic carbocycles. The molecule has 0 fully saturated rings. The van der Waals surface area contributed by atoms with Gasteiger partial charge in [0.2, 0.25) is 0 Å². The molecule has 0 aliphatic carbocycles. The smallest absolute Gasteiger partial charge is 0.254 e. The second-order valence-corrected chi connectivity index (χ2v) is 4.12. The molecule has 2 aromatic rings. The third kappa shape index (κ3) is 3.28. The minimum absolute atomic E-state index is 0.106. The van der Waals surface area contributed by atoms with Crippen molar-refractivity contribution in [2.75, 3.05) is 0 Å². The molecule has 0 atom stereocenters. The van der Waals surface area contributed by atoms with E-state index < -0.39 is 11.7 Å². The molecule has 2 N–H and O–H groups in total. The molecule has 2 rings (SSSR count). The minimum Gasteiger partial charge on any atom is -0.508 e. The topological polar surface area (TPSA) is 62.2 Å². The van der Waals surface area contributed by atoms with Crippen molar-refractivity contribution in [3.8, 4) is 5.75 Å². The van der Waals surface area contributed by atoms with Gasteiger partial charge in [-0.05, 0) is 31.2 Å². The molecule has 0 aliphatic rings. The zero-order chi connectivity index (χ0) is 13.8. The van der Waals surface area contributed by atoms with E-state index in [2.05, 4.69) is 10.3 Å². The first-order valence-electron chi connectivity index (χ1n) is 5.75. The average Bonchev–Trinajstić information content (AvgIpc) is 2.36. The van der Waals surface area contributed by atoms with Crippen LogP contribution in [-0.4, -0.2) is 16.0 Å². The van der Waals surface area contributed by atoms with Gasteiger partial charge in [0.15, 0.2) is 0 Å². The number of aromatic nitrogens is 1. The molecule has 0 unspecified atom stereocenters. The van der Waals surface area contributed by atoms with Crippen molar-refractivity contribution >= 4 is 5.91 Å². The fourth-order valence-corrected chi connectivity index (χ4v) is 1.65. The van der Waals surface area contributed by atoms with Crippen LogP contribution in [0.2, 0.25) is 0 Å². The normalized spacial score (nSPS) is 10.2. The Kier molecular flexibility index (Phi) is 3.75. The molecule has 4 nitrogen and oxygen atoms in total. The van der Waals surface area contributed by atoms with Crippen molar-refractivity contribution in [1.82, 2.24) is 10.3 Å². The van der Waals surface area contributed by atoms with Gasteiger partial charge in [-0.3, -0.25) is 9.78 Å². The van der Waals surface area contributed by atoms with Crippen molar-refractivity contribution in [1.29, 1.82) is 0 Å². The molecule has 0 radical (unpaired) electrons. The van der Waals surface area contributed by atoms with E-state index in [1.54, 1.807) is 6.07 Å². The summed E-state index contributed by atoms with van der Waals surface area (Å²) in [5.41, 5.74) is 1.44. The zero-order valence-corrected chi connectivity index (χ0v) is 10.4. The molecule has 0 saturated heterocycles. The Morgan fingerprint density at radius 2 is 2.16 bits per heavy atom. The molecule has 1 amide bonds. The zero-order valence-electron chi connectivity index (χ0n) is 10.4. The second-order valence-electron chi connectivity index (χ2n) is 4.12. The number of phenols is 1. The Hall–Kier alpha value is -2.43. The van der Waals surface area contributed by atoms with Crippen LogP contribution in [0.4, 0.5) is 4.39 Å². The number of hydrogen-bond donors (Lipinski definition) is 2. The summed E-state index contributed by atoms with van der Waals surface area (Å²) in [6, 6.07) is 8.88. The first-order valence-corrected chi connectivity index (χ1v) is 5.75. The van der Waals surface area contributed by atoms with Gasteiger partial charge in [0.1, 0.15) is 11.6 Å². The van der Waals surface area contributed by atoms with Gasteiger partial charge in [0.25, 0.3) is 5.91 Å². The van der Waals surface area contributed by atoms with Gasteiger partial charge in [-0.25, -0.2) is 4.39 Å². The van der Waals surface area contributed by atoms with Crippen LogP contribution in [0, 0.1) is 12.7 Å². The van der Waals surface area contributed by atoms with Crippen LogP contribution in [-0.2, 0) is 6.54 Å². The maximum Gasteiger partial charge on any atom is 0.254 e. The molecule has 0 spiro atoms. The van der Waals surface area contributed by atoms with Crippen LogP contribution >= 0.6 is 0 Å². The fraction of sp³-hybridized carbons (Fsp3) is 0.143. The average molecular weight is 260 g/mol. The van der Waals surface area contributed by atoms with Crippen LogP contribution < -0.4 is 5.32 Å². The number of benzene rings is 1. The van der Waals surface area contributed by atoms with Crippen LogP contribution in [0.5, 0.6) is 5.75 Å². The van der Waals surface area contributed by atoms with Gasteiger partial charge in [-0.2, -0.15) is 0 Å². The Labute approximate surface area is 109 Å². The monoisotopic (exact) mass is 260 g/mol. The van der Waals surface area contributed by atoms with E-state index >= 15 is 0 Å². The first-order chi connectivity index (χ1) is 9.06. The van der Waals surface area contributed by atoms with Crippen molar-refractivity contribution in [3.05, 3.63) is 59.2 Å². The number of nitrogens with one attached hydrogen (secondary N) is 1. The third-order valence-electron chi connectivity index (χ3n) is 2.57. The highest BCUT2D eigenvalue weighted by Gasteiger charge is 2.11. The van der Waals surface area contributed by atoms with E-state index in [1.165, 1.54) is 12.1 Å². The SMILES string of the molecule is Cc1cccc(CNC(=O)c2ccc(O)cc2F)n1. The molecule has 0 aliphatic heterocycles. The Bertz CT molecular complexity index is 614. The van der Waals surface area contributed by atoms with Crippen LogP contribution in [0.1, 0.15) is 21.7 Å². The largest absolute Gasteiger partial charge is 0.508 e. The summed E-state index contributed by atoms with van der Waals surface area (Å²) >= 11 is 0. The van der Waals surface area contributed by atoms with Gasteiger partial charge in [0.05, 0.1) is 17.8 Å². The fourth-order valence-electron chi connectivity index (χ4n) is 1.65. The van der Waals surface area contributed by atoms with Gasteiger partial charge in [0, 0.05) is 11.8 Å². The summed E-state index contributed by atoms with van der Waals surface area (Å²) in [7, 11) is 0. The number of rotatable bonds is 3. The number of hydrogen-bond acceptors (Lipinski definition) is 3. The summed E-state index contributed by atoms with van der Waals surface area (Å²) in [5.74, 6) is -1.51. The summed E-state index contributed by atoms with van der Waals surface area (Å²) in [5, 5.41) is 11.7. The number of aromatic hydroxyl groups is 1. The number of carbonyl (C=O) groups excluding carboxylic acids is 1. The molecule has 98 valence electrons. The Balaban J connectivity index is 2.05. The van der Waals surface area contributed by atoms with Crippen LogP contribution in [0.15, 0.2) is 36.4 Å². The summed E-state index contributed by atoms with van der Waals surface area (Å²) in [4.78, 5) is 16.0. The van der Waals surface area contributed by atoms with Gasteiger partial charge in [-0.15, -0.1) is 0 Å². The maximum absolute atomic E-state index is 13.5. The molecule has 0 saturated carbocycles. The van der Waals surface area contributed by atoms with Crippen molar-refractivity contribution in [2.24, 2.45) is 0 Å². The lowest BCUT2D eigenvalue weighted by molar-refractivity contribution is 0.0946. The van der Waals surface area contributed by atoms with E-state index in [9.17, 15) is 9.18 Å². The van der Waals surface area contributed by atoms with E-state index in [0.29, 0.717) is 5.69 Å². The van der Waals surface area contributed by atoms with Crippen molar-refractivity contribution in [2.45, 2.75) is 13.5 Å². The minimum atomic E-state index is -0.755. The standard InChI is InChI=1S/C14H13FN2O2/c1-9-3-2-4-10(17-9)8-16-14(19)12-6-5-11(18)7-13(12)15/h2-7,18H,8H2,1H3,(H,16,19). The third-order valence-corrected chi connectivity index (χ3v) is 2.57. The molecule has 1 heterocycles. The van der Waals surface area contributed by atoms with E-state index in [4.69, 9.17) is 5.11 Å². The number of carbonyl (C=O) groups is 1. The number of phenolic OH excluding ortho intramolecular Hbond substituents is 1. The summed E-state index contributed by atoms with van der Waals surface area (Å²) in [6.45, 7) is 2.08. The predicted octanol–water partition coefficient (Wildman–Crippen LogP) is 2.16. The molecule has 0 bridgehead atoms. The summed E-state index contributed by atoms with van der Waals surface area (Å²) < 4.78 is 13.5. The van der Waals surface area contributed by atoms with Crippen LogP contribution in [0.25, 0.3) is 0 Å². The highest BCUT2D eigenvalue weighted by atomic mass is 19.1. The molecular formula is C14H13FN2O2. The van der Waals surface area contributed by atoms with E-state index in [-0.39, 0.29) is 17.9 Å². The molecule has 5 heteroatoms. The first kappa shape index (κ1) is 13.0. The second kappa shape index (κ2) is 5.48. The van der Waals surface area contributed by atoms with Crippen molar-refractivity contribution in [3.63, 3.8) is 0 Å². The van der Waals surface area contributed by atoms with Gasteiger partial charge < -0.3 is 10.4 Å². The highest BCUT2D eigenvalue weighted by Crippen LogP contribution is 2.14. The lowest BCUT2D eigenvalue weighted by Crippen LogP contribution is -2.24. The quantitative estimate of drug-likeness (QED) is 0.889. The number of pyridine rings is 1. The maximum atomic E-state index is 13.5. The van der Waals surface area contributed by atoms with Crippen molar-refractivity contribution < 1.29 is 14.3 Å². The number of halogens is 1. The lowest BCUT2D eigenvalue weighted by Gasteiger charge is -2.06. The number of nitrogens with zero attached hydrogens (tertiary/aromatic N) is 1. The number of amides is 1. The lowest BCUT2D eigenvalue weighted by atomic mass is 10.2. The summed E-state index contributed by atoms with van der Waals surface area (Å²) in [6.07, 6.45) is 0. The van der Waals surface area contributed by atoms with Gasteiger partial charge in [-0.1, -0.05) is 6.07 Å². The van der Waals surface area contributed by atoms with Crippen LogP contribution in [0.3, 0.4) is 0 Å². The highest BCUT2D eigenvalue weighted by molar-refractivity contribution is 5.94. The Morgan fingerprint density at radius 3 is 2.84 bits per heavy atom.